The monoisotopic (exact) mass is 275 g/mol. The Morgan fingerprint density at radius 2 is 2.11 bits per heavy atom. The molecule has 0 saturated carbocycles. The fourth-order valence-electron chi connectivity index (χ4n) is 1.52. The van der Waals surface area contributed by atoms with E-state index in [0.29, 0.717) is 31.7 Å². The first-order chi connectivity index (χ1) is 8.47. The minimum atomic E-state index is -3.57. The van der Waals surface area contributed by atoms with Gasteiger partial charge in [0.25, 0.3) is 0 Å². The number of halogens is 1. The third kappa shape index (κ3) is 4.36. The van der Waals surface area contributed by atoms with E-state index in [1.54, 1.807) is 6.92 Å². The first-order valence-corrected chi connectivity index (χ1v) is 7.29. The van der Waals surface area contributed by atoms with E-state index in [1.807, 2.05) is 6.92 Å². The van der Waals surface area contributed by atoms with Gasteiger partial charge in [-0.25, -0.2) is 17.5 Å². The van der Waals surface area contributed by atoms with Gasteiger partial charge < -0.3 is 4.74 Å². The Hall–Kier alpha value is -0.980. The zero-order chi connectivity index (χ0) is 13.6. The predicted molar refractivity (Wildman–Crippen MR) is 67.4 cm³/mol. The average molecular weight is 275 g/mol. The van der Waals surface area contributed by atoms with Crippen molar-refractivity contribution in [2.75, 3.05) is 19.8 Å². The molecule has 0 saturated heterocycles. The summed E-state index contributed by atoms with van der Waals surface area (Å²) in [5.41, 5.74) is 0.396. The Labute approximate surface area is 107 Å². The van der Waals surface area contributed by atoms with Crippen LogP contribution in [0.25, 0.3) is 0 Å². The number of benzene rings is 1. The molecule has 4 nitrogen and oxygen atoms in total. The maximum Gasteiger partial charge on any atom is 0.240 e. The predicted octanol–water partition coefficient (Wildman–Crippen LogP) is 1.84. The average Bonchev–Trinajstić information content (AvgIpc) is 2.28. The van der Waals surface area contributed by atoms with E-state index >= 15 is 0 Å². The smallest absolute Gasteiger partial charge is 0.240 e. The molecule has 0 unspecified atom stereocenters. The Morgan fingerprint density at radius 3 is 2.72 bits per heavy atom. The van der Waals surface area contributed by atoms with Gasteiger partial charge in [-0.3, -0.25) is 0 Å². The van der Waals surface area contributed by atoms with Crippen LogP contribution in [0.3, 0.4) is 0 Å². The molecule has 1 rings (SSSR count). The largest absolute Gasteiger partial charge is 0.382 e. The molecular weight excluding hydrogens is 257 g/mol. The molecule has 0 aliphatic rings. The van der Waals surface area contributed by atoms with E-state index in [2.05, 4.69) is 4.72 Å². The van der Waals surface area contributed by atoms with Crippen LogP contribution in [-0.2, 0) is 14.8 Å². The lowest BCUT2D eigenvalue weighted by Crippen LogP contribution is -2.26. The van der Waals surface area contributed by atoms with Gasteiger partial charge in [-0.15, -0.1) is 0 Å². The van der Waals surface area contributed by atoms with Gasteiger partial charge in [0.1, 0.15) is 5.82 Å². The molecule has 0 fully saturated rings. The van der Waals surface area contributed by atoms with Crippen LogP contribution in [0, 0.1) is 12.7 Å². The number of nitrogens with one attached hydrogen (secondary N) is 1. The lowest BCUT2D eigenvalue weighted by molar-refractivity contribution is 0.146. The third-order valence-corrected chi connectivity index (χ3v) is 4.01. The van der Waals surface area contributed by atoms with Gasteiger partial charge in [0.05, 0.1) is 4.90 Å². The lowest BCUT2D eigenvalue weighted by atomic mass is 10.2. The van der Waals surface area contributed by atoms with Gasteiger partial charge in [0, 0.05) is 19.8 Å². The number of hydrogen-bond acceptors (Lipinski definition) is 3. The fraction of sp³-hybridized carbons (Fsp3) is 0.500. The van der Waals surface area contributed by atoms with Gasteiger partial charge in [-0.2, -0.15) is 0 Å². The van der Waals surface area contributed by atoms with E-state index in [4.69, 9.17) is 4.74 Å². The number of hydrogen-bond donors (Lipinski definition) is 1. The molecule has 0 aliphatic heterocycles. The highest BCUT2D eigenvalue weighted by Gasteiger charge is 2.16. The number of aryl methyl sites for hydroxylation is 1. The Balaban J connectivity index is 2.63. The lowest BCUT2D eigenvalue weighted by Gasteiger charge is -2.09. The van der Waals surface area contributed by atoms with Crippen molar-refractivity contribution in [3.8, 4) is 0 Å². The van der Waals surface area contributed by atoms with E-state index in [-0.39, 0.29) is 4.90 Å². The van der Waals surface area contributed by atoms with Crippen molar-refractivity contribution in [1.29, 1.82) is 0 Å². The summed E-state index contributed by atoms with van der Waals surface area (Å²) in [6.45, 7) is 4.88. The maximum atomic E-state index is 12.9. The minimum absolute atomic E-state index is 0.111. The van der Waals surface area contributed by atoms with Crippen LogP contribution in [-0.4, -0.2) is 28.2 Å². The van der Waals surface area contributed by atoms with Gasteiger partial charge in [-0.05, 0) is 44.0 Å². The molecule has 0 radical (unpaired) electrons. The molecule has 0 spiro atoms. The standard InChI is InChI=1S/C12H18FNO3S/c1-3-17-8-4-7-14-18(15,16)12-6-5-11(13)9-10(12)2/h5-6,9,14H,3-4,7-8H2,1-2H3. The molecule has 1 aromatic carbocycles. The summed E-state index contributed by atoms with van der Waals surface area (Å²) in [5.74, 6) is -0.442. The topological polar surface area (TPSA) is 55.4 Å². The molecule has 0 aliphatic carbocycles. The quantitative estimate of drug-likeness (QED) is 0.773. The summed E-state index contributed by atoms with van der Waals surface area (Å²) in [7, 11) is -3.57. The molecule has 0 amide bonds. The second kappa shape index (κ2) is 6.82. The zero-order valence-electron chi connectivity index (χ0n) is 10.6. The minimum Gasteiger partial charge on any atom is -0.382 e. The number of sulfonamides is 1. The third-order valence-electron chi connectivity index (χ3n) is 2.39. The zero-order valence-corrected chi connectivity index (χ0v) is 11.4. The van der Waals surface area contributed by atoms with Crippen molar-refractivity contribution in [3.63, 3.8) is 0 Å². The van der Waals surface area contributed by atoms with Gasteiger partial charge >= 0.3 is 0 Å². The molecule has 0 bridgehead atoms. The van der Waals surface area contributed by atoms with Crippen molar-refractivity contribution in [2.24, 2.45) is 0 Å². The maximum absolute atomic E-state index is 12.9. The molecule has 1 N–H and O–H groups in total. The summed E-state index contributed by atoms with van der Waals surface area (Å²) >= 11 is 0. The molecular formula is C12H18FNO3S. The van der Waals surface area contributed by atoms with E-state index < -0.39 is 15.8 Å². The van der Waals surface area contributed by atoms with E-state index in [9.17, 15) is 12.8 Å². The number of rotatable bonds is 7. The summed E-state index contributed by atoms with van der Waals surface area (Å²) in [5, 5.41) is 0. The fourth-order valence-corrected chi connectivity index (χ4v) is 2.82. The Morgan fingerprint density at radius 1 is 1.39 bits per heavy atom. The van der Waals surface area contributed by atoms with Crippen molar-refractivity contribution < 1.29 is 17.5 Å². The summed E-state index contributed by atoms with van der Waals surface area (Å²) in [6.07, 6.45) is 0.604. The Bertz CT molecular complexity index is 488. The first-order valence-electron chi connectivity index (χ1n) is 5.81. The van der Waals surface area contributed by atoms with Gasteiger partial charge in [0.15, 0.2) is 0 Å². The van der Waals surface area contributed by atoms with Crippen LogP contribution in [0.2, 0.25) is 0 Å². The molecule has 6 heteroatoms. The van der Waals surface area contributed by atoms with Gasteiger partial charge in [-0.1, -0.05) is 0 Å². The first kappa shape index (κ1) is 15.1. The second-order valence-corrected chi connectivity index (χ2v) is 5.59. The van der Waals surface area contributed by atoms with Crippen molar-refractivity contribution >= 4 is 10.0 Å². The number of ether oxygens (including phenoxy) is 1. The van der Waals surface area contributed by atoms with Crippen LogP contribution < -0.4 is 4.72 Å². The van der Waals surface area contributed by atoms with Crippen LogP contribution >= 0.6 is 0 Å². The highest BCUT2D eigenvalue weighted by atomic mass is 32.2. The second-order valence-electron chi connectivity index (χ2n) is 3.86. The molecule has 0 atom stereocenters. The molecule has 18 heavy (non-hydrogen) atoms. The van der Waals surface area contributed by atoms with Crippen molar-refractivity contribution in [1.82, 2.24) is 4.72 Å². The van der Waals surface area contributed by atoms with E-state index in [1.165, 1.54) is 12.1 Å². The molecule has 0 aromatic heterocycles. The van der Waals surface area contributed by atoms with Crippen LogP contribution in [0.15, 0.2) is 23.1 Å². The Kier molecular flexibility index (Phi) is 5.71. The normalized spacial score (nSPS) is 11.7. The van der Waals surface area contributed by atoms with E-state index in [0.717, 1.165) is 6.07 Å². The van der Waals surface area contributed by atoms with Gasteiger partial charge in [0.2, 0.25) is 10.0 Å². The molecule has 1 aromatic rings. The van der Waals surface area contributed by atoms with Crippen LogP contribution in [0.5, 0.6) is 0 Å². The van der Waals surface area contributed by atoms with Crippen molar-refractivity contribution in [3.05, 3.63) is 29.6 Å². The molecule has 102 valence electrons. The van der Waals surface area contributed by atoms with Crippen LogP contribution in [0.4, 0.5) is 4.39 Å². The van der Waals surface area contributed by atoms with Crippen molar-refractivity contribution in [2.45, 2.75) is 25.2 Å². The highest BCUT2D eigenvalue weighted by molar-refractivity contribution is 7.89. The highest BCUT2D eigenvalue weighted by Crippen LogP contribution is 2.15. The summed E-state index contributed by atoms with van der Waals surface area (Å²) in [6, 6.07) is 3.62. The summed E-state index contributed by atoms with van der Waals surface area (Å²) in [4.78, 5) is 0.111. The SMILES string of the molecule is CCOCCCNS(=O)(=O)c1ccc(F)cc1C. The molecule has 0 heterocycles. The van der Waals surface area contributed by atoms with Crippen LogP contribution in [0.1, 0.15) is 18.9 Å². The summed E-state index contributed by atoms with van der Waals surface area (Å²) < 4.78 is 44.3.